The molecule has 0 heterocycles. The average molecular weight is 174 g/mol. The molecule has 1 aromatic carbocycles. The summed E-state index contributed by atoms with van der Waals surface area (Å²) < 4.78 is 0. The zero-order valence-corrected chi connectivity index (χ0v) is 7.61. The molecule has 1 N–H and O–H groups in total. The van der Waals surface area contributed by atoms with Crippen LogP contribution in [0.3, 0.4) is 0 Å². The third kappa shape index (κ3) is 3.29. The Morgan fingerprint density at radius 1 is 1.38 bits per heavy atom. The summed E-state index contributed by atoms with van der Waals surface area (Å²) in [4.78, 5) is 0. The van der Waals surface area contributed by atoms with E-state index in [2.05, 4.69) is 12.3 Å². The molecule has 0 aliphatic heterocycles. The summed E-state index contributed by atoms with van der Waals surface area (Å²) in [5, 5.41) is 9.68. The minimum Gasteiger partial charge on any atom is -0.388 e. The number of hydrogen-bond donors (Lipinski definition) is 1. The van der Waals surface area contributed by atoms with Gasteiger partial charge in [0.25, 0.3) is 0 Å². The van der Waals surface area contributed by atoms with E-state index in [-0.39, 0.29) is 6.10 Å². The van der Waals surface area contributed by atoms with Crippen LogP contribution >= 0.6 is 0 Å². The van der Waals surface area contributed by atoms with Crippen molar-refractivity contribution in [3.8, 4) is 0 Å². The molecule has 1 nitrogen and oxygen atoms in total. The third-order valence-corrected chi connectivity index (χ3v) is 1.91. The Bertz CT molecular complexity index is 283. The molecule has 0 saturated carbocycles. The molecule has 0 fully saturated rings. The molecule has 1 rings (SSSR count). The lowest BCUT2D eigenvalue weighted by Crippen LogP contribution is -1.95. The van der Waals surface area contributed by atoms with Crippen LogP contribution in [0.25, 0.3) is 0 Å². The van der Waals surface area contributed by atoms with Crippen LogP contribution in [0.1, 0.15) is 24.5 Å². The fraction of sp³-hybridized carbons (Fsp3) is 0.250. The topological polar surface area (TPSA) is 20.2 Å². The van der Waals surface area contributed by atoms with Gasteiger partial charge >= 0.3 is 0 Å². The molecule has 1 aromatic rings. The van der Waals surface area contributed by atoms with Crippen molar-refractivity contribution >= 4 is 0 Å². The normalized spacial score (nSPS) is 11.8. The highest BCUT2D eigenvalue weighted by Crippen LogP contribution is 2.17. The Morgan fingerprint density at radius 2 is 2.08 bits per heavy atom. The monoisotopic (exact) mass is 174 g/mol. The van der Waals surface area contributed by atoms with Crippen LogP contribution in [0.4, 0.5) is 0 Å². The van der Waals surface area contributed by atoms with Crippen LogP contribution in [0.2, 0.25) is 0 Å². The summed E-state index contributed by atoms with van der Waals surface area (Å²) in [5.74, 6) is 0. The van der Waals surface area contributed by atoms with Gasteiger partial charge in [0.1, 0.15) is 0 Å². The highest BCUT2D eigenvalue weighted by molar-refractivity contribution is 5.17. The largest absolute Gasteiger partial charge is 0.388 e. The fourth-order valence-corrected chi connectivity index (χ4v) is 1.19. The summed E-state index contributed by atoms with van der Waals surface area (Å²) >= 11 is 0. The van der Waals surface area contributed by atoms with Crippen LogP contribution in [0, 0.1) is 0 Å². The zero-order chi connectivity index (χ0) is 9.52. The number of aliphatic hydroxyl groups is 1. The van der Waals surface area contributed by atoms with Gasteiger partial charge in [-0.15, -0.1) is 5.73 Å². The van der Waals surface area contributed by atoms with Gasteiger partial charge in [0, 0.05) is 0 Å². The summed E-state index contributed by atoms with van der Waals surface area (Å²) in [6, 6.07) is 9.67. The van der Waals surface area contributed by atoms with E-state index >= 15 is 0 Å². The van der Waals surface area contributed by atoms with Crippen molar-refractivity contribution in [2.45, 2.75) is 18.9 Å². The molecule has 0 amide bonds. The fourth-order valence-electron chi connectivity index (χ4n) is 1.19. The van der Waals surface area contributed by atoms with Gasteiger partial charge in [0.05, 0.1) is 6.10 Å². The smallest absolute Gasteiger partial charge is 0.0793 e. The van der Waals surface area contributed by atoms with Crippen molar-refractivity contribution in [3.05, 3.63) is 54.3 Å². The second-order valence-electron chi connectivity index (χ2n) is 2.91. The van der Waals surface area contributed by atoms with Gasteiger partial charge < -0.3 is 5.11 Å². The van der Waals surface area contributed by atoms with Crippen molar-refractivity contribution < 1.29 is 5.11 Å². The van der Waals surface area contributed by atoms with Gasteiger partial charge in [0.2, 0.25) is 0 Å². The summed E-state index contributed by atoms with van der Waals surface area (Å²) in [7, 11) is 0. The SMILES string of the molecule is C=C=CCCC(O)c1ccccc1. The standard InChI is InChI=1S/C12H14O/c1-2-3-5-10-12(13)11-8-6-4-7-9-11/h3-4,6-9,12-13H,1,5,10H2. The molecule has 0 aliphatic rings. The van der Waals surface area contributed by atoms with Gasteiger partial charge in [0.15, 0.2) is 0 Å². The average Bonchev–Trinajstić information content (AvgIpc) is 2.19. The molecule has 0 aliphatic carbocycles. The van der Waals surface area contributed by atoms with Crippen LogP contribution in [0.5, 0.6) is 0 Å². The van der Waals surface area contributed by atoms with E-state index in [0.717, 1.165) is 18.4 Å². The third-order valence-electron chi connectivity index (χ3n) is 1.91. The number of allylic oxidation sites excluding steroid dienone is 1. The van der Waals surface area contributed by atoms with Crippen molar-refractivity contribution in [2.75, 3.05) is 0 Å². The molecule has 1 unspecified atom stereocenters. The zero-order valence-electron chi connectivity index (χ0n) is 7.61. The summed E-state index contributed by atoms with van der Waals surface area (Å²) in [6.07, 6.45) is 3.02. The second kappa shape index (κ2) is 5.36. The lowest BCUT2D eigenvalue weighted by Gasteiger charge is -2.08. The van der Waals surface area contributed by atoms with Crippen molar-refractivity contribution in [3.63, 3.8) is 0 Å². The first kappa shape index (κ1) is 9.79. The van der Waals surface area contributed by atoms with Crippen molar-refractivity contribution in [2.24, 2.45) is 0 Å². The molecule has 0 bridgehead atoms. The molecular formula is C12H14O. The van der Waals surface area contributed by atoms with Gasteiger partial charge in [-0.3, -0.25) is 0 Å². The van der Waals surface area contributed by atoms with E-state index in [4.69, 9.17) is 0 Å². The highest BCUT2D eigenvalue weighted by Gasteiger charge is 2.04. The van der Waals surface area contributed by atoms with Crippen molar-refractivity contribution in [1.82, 2.24) is 0 Å². The van der Waals surface area contributed by atoms with E-state index < -0.39 is 0 Å². The highest BCUT2D eigenvalue weighted by atomic mass is 16.3. The maximum atomic E-state index is 9.68. The summed E-state index contributed by atoms with van der Waals surface area (Å²) in [5.41, 5.74) is 3.66. The van der Waals surface area contributed by atoms with E-state index in [1.807, 2.05) is 36.4 Å². The Hall–Kier alpha value is -1.30. The van der Waals surface area contributed by atoms with E-state index in [1.165, 1.54) is 0 Å². The number of benzene rings is 1. The Labute approximate surface area is 79.0 Å². The lowest BCUT2D eigenvalue weighted by atomic mass is 10.1. The molecule has 0 aromatic heterocycles. The first-order chi connectivity index (χ1) is 6.34. The van der Waals surface area contributed by atoms with Crippen LogP contribution in [-0.4, -0.2) is 5.11 Å². The minimum atomic E-state index is -0.370. The molecule has 1 atom stereocenters. The van der Waals surface area contributed by atoms with E-state index in [0.29, 0.717) is 0 Å². The van der Waals surface area contributed by atoms with Crippen molar-refractivity contribution in [1.29, 1.82) is 0 Å². The van der Waals surface area contributed by atoms with Crippen LogP contribution in [0.15, 0.2) is 48.7 Å². The first-order valence-corrected chi connectivity index (χ1v) is 4.42. The predicted octanol–water partition coefficient (Wildman–Crippen LogP) is 2.84. The molecule has 1 heteroatoms. The Balaban J connectivity index is 2.48. The Morgan fingerprint density at radius 3 is 2.69 bits per heavy atom. The molecule has 13 heavy (non-hydrogen) atoms. The van der Waals surface area contributed by atoms with Gasteiger partial charge in [-0.1, -0.05) is 36.9 Å². The maximum Gasteiger partial charge on any atom is 0.0793 e. The maximum absolute atomic E-state index is 9.68. The second-order valence-corrected chi connectivity index (χ2v) is 2.91. The predicted molar refractivity (Wildman–Crippen MR) is 54.3 cm³/mol. The Kier molecular flexibility index (Phi) is 4.04. The molecular weight excluding hydrogens is 160 g/mol. The molecule has 68 valence electrons. The van der Waals surface area contributed by atoms with E-state index in [9.17, 15) is 5.11 Å². The number of rotatable bonds is 4. The van der Waals surface area contributed by atoms with Crippen LogP contribution in [-0.2, 0) is 0 Å². The van der Waals surface area contributed by atoms with Gasteiger partial charge in [-0.25, -0.2) is 0 Å². The lowest BCUT2D eigenvalue weighted by molar-refractivity contribution is 0.169. The summed E-state index contributed by atoms with van der Waals surface area (Å²) in [6.45, 7) is 3.47. The minimum absolute atomic E-state index is 0.370. The number of aliphatic hydroxyl groups excluding tert-OH is 1. The van der Waals surface area contributed by atoms with Gasteiger partial charge in [-0.2, -0.15) is 0 Å². The molecule has 0 saturated heterocycles. The van der Waals surface area contributed by atoms with E-state index in [1.54, 1.807) is 0 Å². The van der Waals surface area contributed by atoms with Gasteiger partial charge in [-0.05, 0) is 24.5 Å². The van der Waals surface area contributed by atoms with Crippen LogP contribution < -0.4 is 0 Å². The molecule has 0 spiro atoms. The quantitative estimate of drug-likeness (QED) is 0.696. The molecule has 0 radical (unpaired) electrons. The first-order valence-electron chi connectivity index (χ1n) is 4.42. The number of hydrogen-bond acceptors (Lipinski definition) is 1.